The Kier molecular flexibility index (Phi) is 9.18. The van der Waals surface area contributed by atoms with E-state index in [2.05, 4.69) is 20.8 Å². The van der Waals surface area contributed by atoms with Gasteiger partial charge in [-0.1, -0.05) is 44.5 Å². The summed E-state index contributed by atoms with van der Waals surface area (Å²) in [6, 6.07) is 19.0. The molecule has 214 valence electrons. The van der Waals surface area contributed by atoms with E-state index in [1.165, 1.54) is 0 Å². The molecule has 41 heavy (non-hydrogen) atoms. The van der Waals surface area contributed by atoms with Gasteiger partial charge in [-0.05, 0) is 84.5 Å². The Labute approximate surface area is 245 Å². The van der Waals surface area contributed by atoms with Crippen LogP contribution in [-0.4, -0.2) is 36.1 Å². The monoisotopic (exact) mass is 575 g/mol. The quantitative estimate of drug-likeness (QED) is 0.151. The number of nitrogens with zero attached hydrogens (tertiary/aromatic N) is 1. The van der Waals surface area contributed by atoms with Gasteiger partial charge >= 0.3 is 6.16 Å². The molecule has 8 heteroatoms. The summed E-state index contributed by atoms with van der Waals surface area (Å²) in [4.78, 5) is 38.7. The van der Waals surface area contributed by atoms with Gasteiger partial charge in [-0.25, -0.2) is 4.79 Å². The molecule has 0 amide bonds. The fourth-order valence-corrected chi connectivity index (χ4v) is 4.65. The van der Waals surface area contributed by atoms with Crippen molar-refractivity contribution in [1.82, 2.24) is 4.57 Å². The molecular formula is C33H34ClNO6. The summed E-state index contributed by atoms with van der Waals surface area (Å²) in [7, 11) is 1.58. The highest BCUT2D eigenvalue weighted by Gasteiger charge is 2.22. The molecule has 4 aromatic rings. The van der Waals surface area contributed by atoms with E-state index in [4.69, 9.17) is 25.8 Å². The van der Waals surface area contributed by atoms with Gasteiger partial charge in [-0.15, -0.1) is 0 Å². The summed E-state index contributed by atoms with van der Waals surface area (Å²) in [5.74, 6) is 0.744. The van der Waals surface area contributed by atoms with E-state index in [-0.39, 0.29) is 36.6 Å². The van der Waals surface area contributed by atoms with E-state index in [1.54, 1.807) is 66.3 Å². The van der Waals surface area contributed by atoms with Crippen LogP contribution in [-0.2, 0) is 22.4 Å². The molecule has 0 fully saturated rings. The average Bonchev–Trinajstić information content (AvgIpc) is 3.19. The largest absolute Gasteiger partial charge is 0.513 e. The molecule has 0 bridgehead atoms. The van der Waals surface area contributed by atoms with Crippen LogP contribution in [0.1, 0.15) is 54.4 Å². The summed E-state index contributed by atoms with van der Waals surface area (Å²) in [6.07, 6.45) is 0.281. The van der Waals surface area contributed by atoms with E-state index in [9.17, 15) is 14.4 Å². The number of benzene rings is 3. The molecule has 3 aromatic carbocycles. The van der Waals surface area contributed by atoms with Crippen molar-refractivity contribution in [1.29, 1.82) is 0 Å². The zero-order chi connectivity index (χ0) is 29.7. The van der Waals surface area contributed by atoms with Gasteiger partial charge in [-0.2, -0.15) is 0 Å². The maximum atomic E-state index is 13.5. The van der Waals surface area contributed by atoms with E-state index in [0.29, 0.717) is 33.3 Å². The molecule has 0 spiro atoms. The second kappa shape index (κ2) is 12.6. The number of carbonyl (C=O) groups excluding carboxylic acids is 3. The minimum Gasteiger partial charge on any atom is -0.497 e. The van der Waals surface area contributed by atoms with Crippen molar-refractivity contribution in [3.63, 3.8) is 0 Å². The van der Waals surface area contributed by atoms with Crippen molar-refractivity contribution in [3.8, 4) is 11.5 Å². The smallest absolute Gasteiger partial charge is 0.497 e. The van der Waals surface area contributed by atoms with Gasteiger partial charge in [0.15, 0.2) is 0 Å². The molecule has 0 N–H and O–H groups in total. The highest BCUT2D eigenvalue weighted by atomic mass is 35.5. The van der Waals surface area contributed by atoms with E-state index < -0.39 is 6.16 Å². The predicted octanol–water partition coefficient (Wildman–Crippen LogP) is 7.61. The third kappa shape index (κ3) is 7.55. The fraction of sp³-hybridized carbons (Fsp3) is 0.303. The topological polar surface area (TPSA) is 83.8 Å². The molecule has 0 saturated heterocycles. The number of halogens is 1. The summed E-state index contributed by atoms with van der Waals surface area (Å²) >= 11 is 6.02. The fourth-order valence-electron chi connectivity index (χ4n) is 4.52. The normalized spacial score (nSPS) is 11.4. The zero-order valence-electron chi connectivity index (χ0n) is 24.0. The first kappa shape index (κ1) is 29.9. The molecule has 4 rings (SSSR count). The van der Waals surface area contributed by atoms with Gasteiger partial charge in [0.2, 0.25) is 0 Å². The lowest BCUT2D eigenvalue weighted by Crippen LogP contribution is -2.15. The number of methoxy groups -OCH3 is 1. The maximum Gasteiger partial charge on any atom is 0.513 e. The standard InChI is InChI=1S/C33H34ClNO6/c1-21-28(19-25(36)18-22-6-12-26(13-7-22)41-32(38)40-17-16-33(2,3)4)29-20-27(39-5)14-15-30(29)35(21)31(37)23-8-10-24(34)11-9-23/h6-15,20H,16-19H2,1-5H3. The highest BCUT2D eigenvalue weighted by molar-refractivity contribution is 6.30. The van der Waals surface area contributed by atoms with Crippen LogP contribution < -0.4 is 9.47 Å². The summed E-state index contributed by atoms with van der Waals surface area (Å²) in [5.41, 5.74) is 3.48. The third-order valence-corrected chi connectivity index (χ3v) is 7.06. The van der Waals surface area contributed by atoms with Crippen molar-refractivity contribution in [2.24, 2.45) is 5.41 Å². The van der Waals surface area contributed by atoms with Crippen molar-refractivity contribution in [2.45, 2.75) is 47.0 Å². The Morgan fingerprint density at radius 2 is 1.54 bits per heavy atom. The van der Waals surface area contributed by atoms with Crippen LogP contribution in [0.15, 0.2) is 66.7 Å². The van der Waals surface area contributed by atoms with Crippen molar-refractivity contribution in [2.75, 3.05) is 13.7 Å². The molecule has 1 heterocycles. The van der Waals surface area contributed by atoms with Crippen molar-refractivity contribution < 1.29 is 28.6 Å². The molecule has 0 aliphatic carbocycles. The van der Waals surface area contributed by atoms with E-state index in [0.717, 1.165) is 22.9 Å². The lowest BCUT2D eigenvalue weighted by atomic mass is 9.93. The predicted molar refractivity (Wildman–Crippen MR) is 159 cm³/mol. The van der Waals surface area contributed by atoms with Gasteiger partial charge in [0.1, 0.15) is 17.3 Å². The minimum absolute atomic E-state index is 0.0239. The van der Waals surface area contributed by atoms with Crippen molar-refractivity contribution >= 4 is 40.3 Å². The number of aromatic nitrogens is 1. The zero-order valence-corrected chi connectivity index (χ0v) is 24.7. The maximum absolute atomic E-state index is 13.5. The second-order valence-electron chi connectivity index (χ2n) is 11.1. The molecule has 0 aliphatic rings. The highest BCUT2D eigenvalue weighted by Crippen LogP contribution is 2.31. The van der Waals surface area contributed by atoms with Crippen molar-refractivity contribution in [3.05, 3.63) is 94.1 Å². The van der Waals surface area contributed by atoms with Gasteiger partial charge in [0.05, 0.1) is 19.2 Å². The van der Waals surface area contributed by atoms with Crippen LogP contribution in [0.5, 0.6) is 11.5 Å². The summed E-state index contributed by atoms with van der Waals surface area (Å²) in [5, 5.41) is 1.33. The second-order valence-corrected chi connectivity index (χ2v) is 11.6. The number of hydrogen-bond acceptors (Lipinski definition) is 6. The Hall–Kier alpha value is -4.10. The van der Waals surface area contributed by atoms with Gasteiger partial charge < -0.3 is 14.2 Å². The first-order valence-electron chi connectivity index (χ1n) is 13.4. The van der Waals surface area contributed by atoms with Crippen LogP contribution in [0.3, 0.4) is 0 Å². The van der Waals surface area contributed by atoms with Crippen LogP contribution in [0.2, 0.25) is 5.02 Å². The number of carbonyl (C=O) groups is 3. The Balaban J connectivity index is 1.49. The molecule has 1 aromatic heterocycles. The molecule has 7 nitrogen and oxygen atoms in total. The Morgan fingerprint density at radius 3 is 2.17 bits per heavy atom. The first-order chi connectivity index (χ1) is 19.4. The number of hydrogen-bond donors (Lipinski definition) is 0. The molecule has 0 aliphatic heterocycles. The Morgan fingerprint density at radius 1 is 0.878 bits per heavy atom. The SMILES string of the molecule is COc1ccc2c(c1)c(CC(=O)Cc1ccc(OC(=O)OCCC(C)(C)C)cc1)c(C)n2C(=O)c1ccc(Cl)cc1. The number of ether oxygens (including phenoxy) is 3. The average molecular weight is 576 g/mol. The molecule has 0 unspecified atom stereocenters. The summed E-state index contributed by atoms with van der Waals surface area (Å²) in [6.45, 7) is 8.33. The first-order valence-corrected chi connectivity index (χ1v) is 13.8. The number of rotatable bonds is 9. The number of Topliss-reactive ketones (excluding diaryl/α,β-unsaturated/α-hetero) is 1. The van der Waals surface area contributed by atoms with Crippen LogP contribution >= 0.6 is 11.6 Å². The Bertz CT molecular complexity index is 1560. The minimum atomic E-state index is -0.756. The number of ketones is 1. The third-order valence-electron chi connectivity index (χ3n) is 6.81. The number of fused-ring (bicyclic) bond motifs is 1. The van der Waals surface area contributed by atoms with Crippen LogP contribution in [0.4, 0.5) is 4.79 Å². The molecular weight excluding hydrogens is 542 g/mol. The van der Waals surface area contributed by atoms with Gasteiger partial charge in [0, 0.05) is 34.5 Å². The van der Waals surface area contributed by atoms with Crippen LogP contribution in [0, 0.1) is 12.3 Å². The lowest BCUT2D eigenvalue weighted by molar-refractivity contribution is -0.117. The summed E-state index contributed by atoms with van der Waals surface area (Å²) < 4.78 is 17.4. The molecule has 0 atom stereocenters. The van der Waals surface area contributed by atoms with E-state index in [1.807, 2.05) is 19.1 Å². The van der Waals surface area contributed by atoms with Gasteiger partial charge in [-0.3, -0.25) is 14.2 Å². The van der Waals surface area contributed by atoms with Gasteiger partial charge in [0.25, 0.3) is 5.91 Å². The molecule has 0 radical (unpaired) electrons. The molecule has 0 saturated carbocycles. The van der Waals surface area contributed by atoms with Crippen LogP contribution in [0.25, 0.3) is 10.9 Å². The lowest BCUT2D eigenvalue weighted by Gasteiger charge is -2.17. The van der Waals surface area contributed by atoms with E-state index >= 15 is 0 Å².